The first-order valence-corrected chi connectivity index (χ1v) is 8.95. The summed E-state index contributed by atoms with van der Waals surface area (Å²) in [4.78, 5) is 25.1. The van der Waals surface area contributed by atoms with Gasteiger partial charge in [0.25, 0.3) is 5.91 Å². The van der Waals surface area contributed by atoms with Crippen molar-refractivity contribution < 1.29 is 14.3 Å². The van der Waals surface area contributed by atoms with Gasteiger partial charge in [-0.1, -0.05) is 12.1 Å². The van der Waals surface area contributed by atoms with Crippen LogP contribution in [0.3, 0.4) is 0 Å². The Morgan fingerprint density at radius 1 is 1.07 bits per heavy atom. The van der Waals surface area contributed by atoms with Gasteiger partial charge in [0.15, 0.2) is 0 Å². The van der Waals surface area contributed by atoms with Crippen LogP contribution in [0.2, 0.25) is 0 Å². The van der Waals surface area contributed by atoms with Gasteiger partial charge in [-0.25, -0.2) is 9.97 Å². The Morgan fingerprint density at radius 3 is 2.48 bits per heavy atom. The van der Waals surface area contributed by atoms with Crippen molar-refractivity contribution in [2.45, 2.75) is 0 Å². The van der Waals surface area contributed by atoms with Gasteiger partial charge in [-0.2, -0.15) is 0 Å². The van der Waals surface area contributed by atoms with Crippen LogP contribution in [0.15, 0.2) is 36.7 Å². The zero-order valence-electron chi connectivity index (χ0n) is 15.7. The van der Waals surface area contributed by atoms with Gasteiger partial charge in [-0.05, 0) is 12.1 Å². The topological polar surface area (TPSA) is 79.8 Å². The zero-order chi connectivity index (χ0) is 19.1. The van der Waals surface area contributed by atoms with E-state index >= 15 is 0 Å². The summed E-state index contributed by atoms with van der Waals surface area (Å²) in [6.45, 7) is 4.29. The van der Waals surface area contributed by atoms with Crippen molar-refractivity contribution in [2.75, 3.05) is 63.4 Å². The molecule has 3 rings (SSSR count). The van der Waals surface area contributed by atoms with Crippen LogP contribution in [-0.4, -0.2) is 69.4 Å². The van der Waals surface area contributed by atoms with Gasteiger partial charge < -0.3 is 24.6 Å². The van der Waals surface area contributed by atoms with Crippen LogP contribution in [0, 0.1) is 0 Å². The van der Waals surface area contributed by atoms with Gasteiger partial charge in [0.1, 0.15) is 17.3 Å². The normalized spacial score (nSPS) is 14.1. The van der Waals surface area contributed by atoms with Crippen molar-refractivity contribution in [2.24, 2.45) is 0 Å². The highest BCUT2D eigenvalue weighted by atomic mass is 16.5. The van der Waals surface area contributed by atoms with Crippen molar-refractivity contribution in [1.82, 2.24) is 15.3 Å². The van der Waals surface area contributed by atoms with E-state index < -0.39 is 0 Å². The van der Waals surface area contributed by atoms with Crippen molar-refractivity contribution in [3.05, 3.63) is 42.4 Å². The Labute approximate surface area is 159 Å². The molecule has 1 aliphatic rings. The number of hydrogen-bond acceptors (Lipinski definition) is 7. The van der Waals surface area contributed by atoms with E-state index in [1.807, 2.05) is 18.2 Å². The van der Waals surface area contributed by atoms with Crippen molar-refractivity contribution >= 4 is 17.4 Å². The number of nitrogens with zero attached hydrogens (tertiary/aromatic N) is 4. The van der Waals surface area contributed by atoms with Crippen molar-refractivity contribution in [3.8, 4) is 5.75 Å². The van der Waals surface area contributed by atoms with E-state index in [-0.39, 0.29) is 5.91 Å². The predicted molar refractivity (Wildman–Crippen MR) is 104 cm³/mol. The molecule has 1 amide bonds. The van der Waals surface area contributed by atoms with E-state index in [9.17, 15) is 4.79 Å². The summed E-state index contributed by atoms with van der Waals surface area (Å²) in [6, 6.07) is 8.04. The molecule has 8 nitrogen and oxygen atoms in total. The number of ether oxygens (including phenoxy) is 2. The lowest BCUT2D eigenvalue weighted by atomic mass is 10.2. The second-order valence-electron chi connectivity index (χ2n) is 6.15. The number of carbonyl (C=O) groups is 1. The monoisotopic (exact) mass is 371 g/mol. The highest BCUT2D eigenvalue weighted by molar-refractivity contribution is 5.92. The molecule has 0 atom stereocenters. The Kier molecular flexibility index (Phi) is 6.43. The fourth-order valence-electron chi connectivity index (χ4n) is 3.03. The Bertz CT molecular complexity index is 745. The molecule has 144 valence electrons. The number of nitrogens with one attached hydrogen (secondary N) is 1. The zero-order valence-corrected chi connectivity index (χ0v) is 15.7. The summed E-state index contributed by atoms with van der Waals surface area (Å²) in [5, 5.41) is 2.74. The lowest BCUT2D eigenvalue weighted by Crippen LogP contribution is -2.47. The summed E-state index contributed by atoms with van der Waals surface area (Å²) in [6.07, 6.45) is 3.17. The largest absolute Gasteiger partial charge is 0.495 e. The number of rotatable bonds is 7. The molecule has 0 unspecified atom stereocenters. The third-order valence-corrected chi connectivity index (χ3v) is 4.49. The molecule has 0 radical (unpaired) electrons. The summed E-state index contributed by atoms with van der Waals surface area (Å²) < 4.78 is 10.4. The molecule has 1 aromatic carbocycles. The molecular weight excluding hydrogens is 346 g/mol. The Morgan fingerprint density at radius 2 is 1.81 bits per heavy atom. The first kappa shape index (κ1) is 18.9. The molecule has 27 heavy (non-hydrogen) atoms. The number of aromatic nitrogens is 2. The number of para-hydroxylation sites is 2. The summed E-state index contributed by atoms with van der Waals surface area (Å²) in [5.41, 5.74) is 1.41. The van der Waals surface area contributed by atoms with Crippen LogP contribution in [0.1, 0.15) is 10.5 Å². The molecule has 1 aromatic heterocycles. The number of piperazine rings is 1. The van der Waals surface area contributed by atoms with Crippen LogP contribution in [0.25, 0.3) is 0 Å². The second kappa shape index (κ2) is 9.18. The van der Waals surface area contributed by atoms with Gasteiger partial charge in [-0.15, -0.1) is 0 Å². The standard InChI is InChI=1S/C19H25N5O3/c1-26-12-7-20-19(25)15-13-22-18(14-21-15)24-10-8-23(9-11-24)16-5-3-4-6-17(16)27-2/h3-6,13-14H,7-12H2,1-2H3,(H,20,25). The molecule has 0 aliphatic carbocycles. The molecule has 1 N–H and O–H groups in total. The minimum absolute atomic E-state index is 0.243. The third kappa shape index (κ3) is 4.65. The second-order valence-corrected chi connectivity index (χ2v) is 6.15. The molecule has 1 saturated heterocycles. The molecule has 1 fully saturated rings. The first-order valence-electron chi connectivity index (χ1n) is 8.95. The highest BCUT2D eigenvalue weighted by Gasteiger charge is 2.21. The number of methoxy groups -OCH3 is 2. The van der Waals surface area contributed by atoms with Gasteiger partial charge in [0, 0.05) is 39.8 Å². The SMILES string of the molecule is COCCNC(=O)c1cnc(N2CCN(c3ccccc3OC)CC2)cn1. The van der Waals surface area contributed by atoms with Crippen LogP contribution in [-0.2, 0) is 4.74 Å². The highest BCUT2D eigenvalue weighted by Crippen LogP contribution is 2.28. The summed E-state index contributed by atoms with van der Waals surface area (Å²) >= 11 is 0. The lowest BCUT2D eigenvalue weighted by molar-refractivity contribution is 0.0931. The van der Waals surface area contributed by atoms with E-state index in [4.69, 9.17) is 9.47 Å². The Hall–Kier alpha value is -2.87. The van der Waals surface area contributed by atoms with Crippen molar-refractivity contribution in [3.63, 3.8) is 0 Å². The number of carbonyl (C=O) groups excluding carboxylic acids is 1. The van der Waals surface area contributed by atoms with Gasteiger partial charge >= 0.3 is 0 Å². The van der Waals surface area contributed by atoms with Crippen molar-refractivity contribution in [1.29, 1.82) is 0 Å². The molecule has 0 spiro atoms. The van der Waals surface area contributed by atoms with Crippen LogP contribution >= 0.6 is 0 Å². The van der Waals surface area contributed by atoms with E-state index in [0.717, 1.165) is 43.4 Å². The number of anilines is 2. The molecular formula is C19H25N5O3. The van der Waals surface area contributed by atoms with Crippen LogP contribution in [0.5, 0.6) is 5.75 Å². The maximum absolute atomic E-state index is 12.0. The maximum Gasteiger partial charge on any atom is 0.271 e. The smallest absolute Gasteiger partial charge is 0.271 e. The summed E-state index contributed by atoms with van der Waals surface area (Å²) in [5.74, 6) is 1.42. The van der Waals surface area contributed by atoms with Gasteiger partial charge in [-0.3, -0.25) is 4.79 Å². The quantitative estimate of drug-likeness (QED) is 0.732. The molecule has 8 heteroatoms. The summed E-state index contributed by atoms with van der Waals surface area (Å²) in [7, 11) is 3.28. The fourth-order valence-corrected chi connectivity index (χ4v) is 3.03. The Balaban J connectivity index is 1.57. The minimum Gasteiger partial charge on any atom is -0.495 e. The first-order chi connectivity index (χ1) is 13.2. The van der Waals surface area contributed by atoms with E-state index in [1.54, 1.807) is 20.4 Å². The predicted octanol–water partition coefficient (Wildman–Crippen LogP) is 1.19. The van der Waals surface area contributed by atoms with Gasteiger partial charge in [0.05, 0.1) is 31.8 Å². The number of benzene rings is 1. The average molecular weight is 371 g/mol. The molecule has 0 saturated carbocycles. The van der Waals surface area contributed by atoms with Crippen LogP contribution < -0.4 is 19.9 Å². The van der Waals surface area contributed by atoms with E-state index in [1.165, 1.54) is 6.20 Å². The molecule has 2 aromatic rings. The minimum atomic E-state index is -0.243. The van der Waals surface area contributed by atoms with Crippen LogP contribution in [0.4, 0.5) is 11.5 Å². The molecule has 2 heterocycles. The number of hydrogen-bond donors (Lipinski definition) is 1. The fraction of sp³-hybridized carbons (Fsp3) is 0.421. The third-order valence-electron chi connectivity index (χ3n) is 4.49. The van der Waals surface area contributed by atoms with E-state index in [0.29, 0.717) is 18.8 Å². The average Bonchev–Trinajstić information content (AvgIpc) is 2.74. The maximum atomic E-state index is 12.0. The molecule has 0 bridgehead atoms. The van der Waals surface area contributed by atoms with Gasteiger partial charge in [0.2, 0.25) is 0 Å². The molecule has 1 aliphatic heterocycles. The lowest BCUT2D eigenvalue weighted by Gasteiger charge is -2.37. The number of amides is 1. The van der Waals surface area contributed by atoms with E-state index in [2.05, 4.69) is 31.2 Å².